The smallest absolute Gasteiger partial charge is 0.0195 e. The van der Waals surface area contributed by atoms with Gasteiger partial charge in [0, 0.05) is 36.8 Å². The molecule has 0 aromatic heterocycles. The third-order valence-electron chi connectivity index (χ3n) is 5.83. The Kier molecular flexibility index (Phi) is 4.16. The Morgan fingerprint density at radius 2 is 1.79 bits per heavy atom. The van der Waals surface area contributed by atoms with E-state index in [2.05, 4.69) is 36.1 Å². The molecule has 0 aromatic carbocycles. The van der Waals surface area contributed by atoms with Crippen molar-refractivity contribution >= 4 is 0 Å². The SMILES string of the molecule is CNC1CC2CCCC(C1)N2CC(C)N(C)C1CC1. The molecular weight excluding hydrogens is 234 g/mol. The fourth-order valence-corrected chi connectivity index (χ4v) is 4.29. The highest BCUT2D eigenvalue weighted by atomic mass is 15.3. The number of fused-ring (bicyclic) bond motifs is 2. The number of nitrogens with zero attached hydrogens (tertiary/aromatic N) is 2. The summed E-state index contributed by atoms with van der Waals surface area (Å²) in [6, 6.07) is 4.08. The molecule has 2 saturated heterocycles. The van der Waals surface area contributed by atoms with Crippen LogP contribution >= 0.6 is 0 Å². The van der Waals surface area contributed by atoms with Crippen molar-refractivity contribution in [3.05, 3.63) is 0 Å². The zero-order chi connectivity index (χ0) is 13.4. The van der Waals surface area contributed by atoms with Gasteiger partial charge in [0.1, 0.15) is 0 Å². The molecule has 3 rings (SSSR count). The van der Waals surface area contributed by atoms with Gasteiger partial charge in [-0.1, -0.05) is 6.42 Å². The van der Waals surface area contributed by atoms with E-state index in [0.717, 1.165) is 30.2 Å². The van der Waals surface area contributed by atoms with Gasteiger partial charge in [0.05, 0.1) is 0 Å². The van der Waals surface area contributed by atoms with E-state index in [9.17, 15) is 0 Å². The zero-order valence-corrected chi connectivity index (χ0v) is 12.9. The molecule has 3 heteroatoms. The second-order valence-electron chi connectivity index (χ2n) is 7.14. The first-order valence-corrected chi connectivity index (χ1v) is 8.34. The first-order chi connectivity index (χ1) is 9.19. The molecule has 2 bridgehead atoms. The second kappa shape index (κ2) is 5.71. The molecule has 3 fully saturated rings. The maximum absolute atomic E-state index is 3.52. The van der Waals surface area contributed by atoms with Crippen LogP contribution in [0, 0.1) is 0 Å². The highest BCUT2D eigenvalue weighted by Gasteiger charge is 2.39. The monoisotopic (exact) mass is 265 g/mol. The first kappa shape index (κ1) is 13.8. The summed E-state index contributed by atoms with van der Waals surface area (Å²) in [7, 11) is 4.47. The minimum atomic E-state index is 0.724. The van der Waals surface area contributed by atoms with Crippen molar-refractivity contribution in [1.82, 2.24) is 15.1 Å². The predicted octanol–water partition coefficient (Wildman–Crippen LogP) is 2.07. The van der Waals surface area contributed by atoms with E-state index < -0.39 is 0 Å². The molecule has 19 heavy (non-hydrogen) atoms. The molecule has 1 N–H and O–H groups in total. The van der Waals surface area contributed by atoms with Crippen molar-refractivity contribution < 1.29 is 0 Å². The van der Waals surface area contributed by atoms with Crippen LogP contribution in [-0.4, -0.2) is 60.6 Å². The summed E-state index contributed by atoms with van der Waals surface area (Å²) in [6.07, 6.45) is 9.89. The molecule has 1 aliphatic carbocycles. The molecule has 1 saturated carbocycles. The normalized spacial score (nSPS) is 37.6. The van der Waals surface area contributed by atoms with Gasteiger partial charge >= 0.3 is 0 Å². The van der Waals surface area contributed by atoms with E-state index in [1.807, 2.05) is 0 Å². The van der Waals surface area contributed by atoms with Crippen molar-refractivity contribution in [3.63, 3.8) is 0 Å². The van der Waals surface area contributed by atoms with E-state index in [1.54, 1.807) is 0 Å². The average Bonchev–Trinajstić information content (AvgIpc) is 3.21. The van der Waals surface area contributed by atoms with Crippen LogP contribution < -0.4 is 5.32 Å². The van der Waals surface area contributed by atoms with Crippen LogP contribution in [0.1, 0.15) is 51.9 Å². The van der Waals surface area contributed by atoms with Gasteiger partial charge in [-0.3, -0.25) is 9.80 Å². The summed E-state index contributed by atoms with van der Waals surface area (Å²) in [4.78, 5) is 5.49. The summed E-state index contributed by atoms with van der Waals surface area (Å²) in [5, 5.41) is 3.52. The topological polar surface area (TPSA) is 18.5 Å². The predicted molar refractivity (Wildman–Crippen MR) is 80.5 cm³/mol. The summed E-state index contributed by atoms with van der Waals surface area (Å²) >= 11 is 0. The van der Waals surface area contributed by atoms with Crippen molar-refractivity contribution in [1.29, 1.82) is 0 Å². The van der Waals surface area contributed by atoms with Crippen LogP contribution in [0.5, 0.6) is 0 Å². The third-order valence-corrected chi connectivity index (χ3v) is 5.83. The van der Waals surface area contributed by atoms with Crippen molar-refractivity contribution in [3.8, 4) is 0 Å². The number of likely N-dealkylation sites (N-methyl/N-ethyl adjacent to an activating group) is 1. The number of hydrogen-bond donors (Lipinski definition) is 1. The highest BCUT2D eigenvalue weighted by Crippen LogP contribution is 2.35. The Morgan fingerprint density at radius 1 is 1.16 bits per heavy atom. The number of rotatable bonds is 5. The summed E-state index contributed by atoms with van der Waals surface area (Å²) in [5.74, 6) is 0. The summed E-state index contributed by atoms with van der Waals surface area (Å²) in [5.41, 5.74) is 0. The molecule has 2 heterocycles. The third kappa shape index (κ3) is 2.98. The molecule has 3 atom stereocenters. The van der Waals surface area contributed by atoms with Gasteiger partial charge in [0.2, 0.25) is 0 Å². The van der Waals surface area contributed by atoms with E-state index in [-0.39, 0.29) is 0 Å². The van der Waals surface area contributed by atoms with E-state index in [4.69, 9.17) is 0 Å². The van der Waals surface area contributed by atoms with E-state index >= 15 is 0 Å². The van der Waals surface area contributed by atoms with Crippen LogP contribution in [0.4, 0.5) is 0 Å². The number of hydrogen-bond acceptors (Lipinski definition) is 3. The summed E-state index contributed by atoms with van der Waals surface area (Å²) in [6.45, 7) is 3.72. The van der Waals surface area contributed by atoms with Crippen molar-refractivity contribution in [2.75, 3.05) is 20.6 Å². The molecule has 3 unspecified atom stereocenters. The van der Waals surface area contributed by atoms with Gasteiger partial charge < -0.3 is 5.32 Å². The van der Waals surface area contributed by atoms with Crippen LogP contribution in [0.2, 0.25) is 0 Å². The van der Waals surface area contributed by atoms with Gasteiger partial charge in [0.15, 0.2) is 0 Å². The Morgan fingerprint density at radius 3 is 2.32 bits per heavy atom. The van der Waals surface area contributed by atoms with Crippen LogP contribution in [0.25, 0.3) is 0 Å². The Labute approximate surface area is 118 Å². The molecule has 0 spiro atoms. The van der Waals surface area contributed by atoms with Crippen molar-refractivity contribution in [2.45, 2.75) is 82.1 Å². The lowest BCUT2D eigenvalue weighted by Crippen LogP contribution is -2.58. The molecule has 0 radical (unpaired) electrons. The van der Waals surface area contributed by atoms with Gasteiger partial charge in [-0.05, 0) is 59.5 Å². The average molecular weight is 265 g/mol. The van der Waals surface area contributed by atoms with Gasteiger partial charge in [-0.15, -0.1) is 0 Å². The van der Waals surface area contributed by atoms with Crippen molar-refractivity contribution in [2.24, 2.45) is 0 Å². The van der Waals surface area contributed by atoms with Crippen LogP contribution in [0.3, 0.4) is 0 Å². The van der Waals surface area contributed by atoms with Gasteiger partial charge in [-0.25, -0.2) is 0 Å². The fourth-order valence-electron chi connectivity index (χ4n) is 4.29. The molecule has 0 amide bonds. The Hall–Kier alpha value is -0.120. The number of nitrogens with one attached hydrogen (secondary N) is 1. The summed E-state index contributed by atoms with van der Waals surface area (Å²) < 4.78 is 0. The first-order valence-electron chi connectivity index (χ1n) is 8.34. The van der Waals surface area contributed by atoms with Crippen LogP contribution in [0.15, 0.2) is 0 Å². The number of piperidine rings is 2. The fraction of sp³-hybridized carbons (Fsp3) is 1.00. The van der Waals surface area contributed by atoms with Crippen LogP contribution in [-0.2, 0) is 0 Å². The quantitative estimate of drug-likeness (QED) is 0.821. The van der Waals surface area contributed by atoms with Gasteiger partial charge in [0.25, 0.3) is 0 Å². The highest BCUT2D eigenvalue weighted by molar-refractivity contribution is 4.96. The van der Waals surface area contributed by atoms with E-state index in [1.165, 1.54) is 51.5 Å². The van der Waals surface area contributed by atoms with Gasteiger partial charge in [-0.2, -0.15) is 0 Å². The molecule has 110 valence electrons. The second-order valence-corrected chi connectivity index (χ2v) is 7.14. The maximum Gasteiger partial charge on any atom is 0.0195 e. The lowest BCUT2D eigenvalue weighted by atomic mass is 9.81. The zero-order valence-electron chi connectivity index (χ0n) is 12.9. The Balaban J connectivity index is 1.60. The minimum absolute atomic E-state index is 0.724. The molecular formula is C16H31N3. The molecule has 3 nitrogen and oxygen atoms in total. The standard InChI is InChI=1S/C16H31N3/c1-12(18(3)14-7-8-14)11-19-15-5-4-6-16(19)10-13(9-15)17-2/h12-17H,4-11H2,1-3H3. The maximum atomic E-state index is 3.52. The molecule has 0 aromatic rings. The largest absolute Gasteiger partial charge is 0.317 e. The lowest BCUT2D eigenvalue weighted by molar-refractivity contribution is 0.00708. The molecule has 2 aliphatic heterocycles. The van der Waals surface area contributed by atoms with E-state index in [0.29, 0.717) is 0 Å². The molecule has 3 aliphatic rings. The lowest BCUT2D eigenvalue weighted by Gasteiger charge is -2.50. The minimum Gasteiger partial charge on any atom is -0.317 e. The Bertz CT molecular complexity index is 288.